The minimum absolute atomic E-state index is 0.0512. The molecule has 0 spiro atoms. The summed E-state index contributed by atoms with van der Waals surface area (Å²) >= 11 is 0. The lowest BCUT2D eigenvalue weighted by atomic mass is 9.97. The molecule has 0 aliphatic carbocycles. The van der Waals surface area contributed by atoms with Gasteiger partial charge in [-0.2, -0.15) is 0 Å². The largest absolute Gasteiger partial charge is 0.465 e. The number of ether oxygens (including phenoxy) is 1. The molecule has 0 saturated carbocycles. The van der Waals surface area contributed by atoms with E-state index in [0.717, 1.165) is 11.1 Å². The summed E-state index contributed by atoms with van der Waals surface area (Å²) in [6, 6.07) is 15.6. The minimum Gasteiger partial charge on any atom is -0.465 e. The van der Waals surface area contributed by atoms with E-state index in [1.807, 2.05) is 42.5 Å². The van der Waals surface area contributed by atoms with Crippen molar-refractivity contribution in [3.05, 3.63) is 81.9 Å². The first-order valence-electron chi connectivity index (χ1n) is 9.45. The van der Waals surface area contributed by atoms with Crippen molar-refractivity contribution in [1.82, 2.24) is 4.90 Å². The highest BCUT2D eigenvalue weighted by Gasteiger charge is 2.50. The molecule has 152 valence electrons. The summed E-state index contributed by atoms with van der Waals surface area (Å²) in [6.07, 6.45) is 3.74. The highest BCUT2D eigenvalue weighted by atomic mass is 16.6. The molecule has 7 heteroatoms. The molecule has 1 aliphatic heterocycles. The molecule has 1 fully saturated rings. The average molecular weight is 396 g/mol. The molecule has 2 unspecified atom stereocenters. The molecule has 7 nitrogen and oxygen atoms in total. The van der Waals surface area contributed by atoms with Crippen molar-refractivity contribution in [1.29, 1.82) is 0 Å². The maximum Gasteiger partial charge on any atom is 0.409 e. The maximum absolute atomic E-state index is 11.9. The molecule has 3 rings (SSSR count). The zero-order chi connectivity index (χ0) is 21.0. The zero-order valence-corrected chi connectivity index (χ0v) is 16.4. The highest BCUT2D eigenvalue weighted by molar-refractivity contribution is 5.67. The monoisotopic (exact) mass is 396 g/mol. The number of nitrogens with zero attached hydrogens (tertiary/aromatic N) is 2. The molecule has 1 aliphatic rings. The Hall–Kier alpha value is -3.19. The van der Waals surface area contributed by atoms with Crippen molar-refractivity contribution in [2.45, 2.75) is 44.6 Å². The van der Waals surface area contributed by atoms with E-state index in [2.05, 4.69) is 0 Å². The van der Waals surface area contributed by atoms with Gasteiger partial charge in [-0.05, 0) is 49.9 Å². The summed E-state index contributed by atoms with van der Waals surface area (Å²) in [7, 11) is 0. The molecule has 2 aromatic carbocycles. The highest BCUT2D eigenvalue weighted by Crippen LogP contribution is 2.42. The second-order valence-corrected chi connectivity index (χ2v) is 7.44. The van der Waals surface area contributed by atoms with Gasteiger partial charge in [-0.25, -0.2) is 4.79 Å². The summed E-state index contributed by atoms with van der Waals surface area (Å²) in [5, 5.41) is 20.5. The van der Waals surface area contributed by atoms with Gasteiger partial charge >= 0.3 is 6.09 Å². The fourth-order valence-electron chi connectivity index (χ4n) is 3.76. The number of benzene rings is 2. The molecule has 2 aromatic rings. The molecule has 0 bridgehead atoms. The number of carboxylic acid groups (broad SMARTS) is 1. The van der Waals surface area contributed by atoms with E-state index in [1.54, 1.807) is 26.0 Å². The molecule has 1 N–H and O–H groups in total. The van der Waals surface area contributed by atoms with Crippen molar-refractivity contribution in [2.24, 2.45) is 0 Å². The number of carbonyl (C=O) groups is 1. The lowest BCUT2D eigenvalue weighted by Crippen LogP contribution is -2.47. The number of hydrogen-bond donors (Lipinski definition) is 1. The topological polar surface area (TPSA) is 92.9 Å². The Morgan fingerprint density at radius 3 is 2.45 bits per heavy atom. The number of nitro groups is 1. The molecular formula is C22H24N2O5. The number of rotatable bonds is 6. The molecular weight excluding hydrogens is 372 g/mol. The predicted octanol–water partition coefficient (Wildman–Crippen LogP) is 5.24. The van der Waals surface area contributed by atoms with E-state index in [9.17, 15) is 20.0 Å². The first-order valence-corrected chi connectivity index (χ1v) is 9.45. The quantitative estimate of drug-likeness (QED) is 0.532. The Kier molecular flexibility index (Phi) is 5.98. The van der Waals surface area contributed by atoms with Gasteiger partial charge in [0, 0.05) is 12.1 Å². The number of allylic oxidation sites excluding steroid dienone is 1. The van der Waals surface area contributed by atoms with Gasteiger partial charge in [0.2, 0.25) is 0 Å². The van der Waals surface area contributed by atoms with Crippen LogP contribution in [0.2, 0.25) is 0 Å². The fraction of sp³-hybridized carbons (Fsp3) is 0.318. The van der Waals surface area contributed by atoms with Gasteiger partial charge in [0.05, 0.1) is 11.0 Å². The van der Waals surface area contributed by atoms with E-state index in [1.165, 1.54) is 17.0 Å². The summed E-state index contributed by atoms with van der Waals surface area (Å²) < 4.78 is 6.13. The standard InChI is InChI=1S/C22H24N2O5/c1-22(2)23(21(25)26)19(20(29-22)17-9-4-3-5-10-17)11-7-6-8-16-12-14-18(15-13-16)24(27)28/h3-6,8-10,12-15,19-20H,7,11H2,1-2H3,(H,25,26). The number of nitro benzene ring substituents is 1. The van der Waals surface area contributed by atoms with Crippen LogP contribution in [-0.2, 0) is 4.74 Å². The molecule has 1 amide bonds. The van der Waals surface area contributed by atoms with Crippen LogP contribution in [0.5, 0.6) is 0 Å². The molecule has 29 heavy (non-hydrogen) atoms. The van der Waals surface area contributed by atoms with Gasteiger partial charge in [-0.3, -0.25) is 15.0 Å². The lowest BCUT2D eigenvalue weighted by molar-refractivity contribution is -0.384. The van der Waals surface area contributed by atoms with Crippen LogP contribution in [0.15, 0.2) is 60.7 Å². The molecule has 0 aromatic heterocycles. The van der Waals surface area contributed by atoms with E-state index in [0.29, 0.717) is 12.8 Å². The normalized spacial score (nSPS) is 20.8. The Morgan fingerprint density at radius 1 is 1.21 bits per heavy atom. The third kappa shape index (κ3) is 4.63. The van der Waals surface area contributed by atoms with Crippen LogP contribution >= 0.6 is 0 Å². The van der Waals surface area contributed by atoms with Crippen LogP contribution in [0.4, 0.5) is 10.5 Å². The number of hydrogen-bond acceptors (Lipinski definition) is 4. The second kappa shape index (κ2) is 8.45. The van der Waals surface area contributed by atoms with E-state index >= 15 is 0 Å². The molecule has 1 heterocycles. The van der Waals surface area contributed by atoms with Crippen molar-refractivity contribution < 1.29 is 19.6 Å². The van der Waals surface area contributed by atoms with Gasteiger partial charge in [0.1, 0.15) is 11.8 Å². The van der Waals surface area contributed by atoms with Crippen LogP contribution in [0, 0.1) is 10.1 Å². The summed E-state index contributed by atoms with van der Waals surface area (Å²) in [6.45, 7) is 3.54. The average Bonchev–Trinajstić information content (AvgIpc) is 2.97. The van der Waals surface area contributed by atoms with Crippen LogP contribution in [0.1, 0.15) is 43.9 Å². The van der Waals surface area contributed by atoms with Gasteiger partial charge in [0.25, 0.3) is 5.69 Å². The zero-order valence-electron chi connectivity index (χ0n) is 16.4. The number of amides is 1. The molecule has 1 saturated heterocycles. The van der Waals surface area contributed by atoms with Gasteiger partial charge in [-0.1, -0.05) is 42.5 Å². The third-order valence-electron chi connectivity index (χ3n) is 5.05. The van der Waals surface area contributed by atoms with Gasteiger partial charge in [0.15, 0.2) is 0 Å². The fourth-order valence-corrected chi connectivity index (χ4v) is 3.76. The van der Waals surface area contributed by atoms with Crippen molar-refractivity contribution in [2.75, 3.05) is 0 Å². The molecule has 2 atom stereocenters. The predicted molar refractivity (Wildman–Crippen MR) is 109 cm³/mol. The summed E-state index contributed by atoms with van der Waals surface area (Å²) in [5.41, 5.74) is 0.941. The Balaban J connectivity index is 1.73. The smallest absolute Gasteiger partial charge is 0.409 e. The third-order valence-corrected chi connectivity index (χ3v) is 5.05. The van der Waals surface area contributed by atoms with E-state index < -0.39 is 16.7 Å². The van der Waals surface area contributed by atoms with Crippen LogP contribution < -0.4 is 0 Å². The summed E-state index contributed by atoms with van der Waals surface area (Å²) in [4.78, 5) is 23.6. The first kappa shape index (κ1) is 20.5. The van der Waals surface area contributed by atoms with Crippen LogP contribution in [-0.4, -0.2) is 32.8 Å². The van der Waals surface area contributed by atoms with Crippen molar-refractivity contribution in [3.63, 3.8) is 0 Å². The van der Waals surface area contributed by atoms with Crippen LogP contribution in [0.25, 0.3) is 6.08 Å². The Labute approximate surface area is 169 Å². The van der Waals surface area contributed by atoms with Crippen molar-refractivity contribution >= 4 is 17.9 Å². The lowest BCUT2D eigenvalue weighted by Gasteiger charge is -2.30. The Morgan fingerprint density at radius 2 is 1.86 bits per heavy atom. The van der Waals surface area contributed by atoms with Crippen LogP contribution in [0.3, 0.4) is 0 Å². The van der Waals surface area contributed by atoms with Gasteiger partial charge in [-0.15, -0.1) is 0 Å². The van der Waals surface area contributed by atoms with Crippen molar-refractivity contribution in [3.8, 4) is 0 Å². The van der Waals surface area contributed by atoms with E-state index in [4.69, 9.17) is 4.74 Å². The number of non-ortho nitro benzene ring substituents is 1. The maximum atomic E-state index is 11.9. The summed E-state index contributed by atoms with van der Waals surface area (Å²) in [5.74, 6) is 0. The SMILES string of the molecule is CC1(C)OC(c2ccccc2)C(CCC=Cc2ccc([N+](=O)[O-])cc2)N1C(=O)O. The molecule has 0 radical (unpaired) electrons. The second-order valence-electron chi connectivity index (χ2n) is 7.44. The van der Waals surface area contributed by atoms with Gasteiger partial charge < -0.3 is 9.84 Å². The van der Waals surface area contributed by atoms with E-state index in [-0.39, 0.29) is 17.8 Å². The Bertz CT molecular complexity index is 893. The first-order chi connectivity index (χ1) is 13.8. The minimum atomic E-state index is -1.00.